The lowest BCUT2D eigenvalue weighted by atomic mass is 10.0. The van der Waals surface area contributed by atoms with Crippen LogP contribution in [0.1, 0.15) is 59.2 Å². The van der Waals surface area contributed by atoms with Crippen molar-refractivity contribution in [2.45, 2.75) is 38.5 Å². The summed E-state index contributed by atoms with van der Waals surface area (Å²) in [6.07, 6.45) is 12.1. The minimum absolute atomic E-state index is 0.0552. The van der Waals surface area contributed by atoms with E-state index in [9.17, 15) is 9.59 Å². The predicted octanol–water partition coefficient (Wildman–Crippen LogP) is 3.43. The fraction of sp³-hybridized carbons (Fsp3) is 0.368. The van der Waals surface area contributed by atoms with Gasteiger partial charge in [0.2, 0.25) is 0 Å². The van der Waals surface area contributed by atoms with Crippen LogP contribution in [0, 0.1) is 0 Å². The van der Waals surface area contributed by atoms with Crippen molar-refractivity contribution in [3.8, 4) is 0 Å². The largest absolute Gasteiger partial charge is 0.352 e. The molecule has 2 rings (SSSR count). The number of ketones is 1. The van der Waals surface area contributed by atoms with E-state index in [1.165, 1.54) is 0 Å². The summed E-state index contributed by atoms with van der Waals surface area (Å²) in [5.41, 5.74) is 1.38. The van der Waals surface area contributed by atoms with Gasteiger partial charge in [-0.3, -0.25) is 19.6 Å². The van der Waals surface area contributed by atoms with Gasteiger partial charge in [0.15, 0.2) is 5.78 Å². The average Bonchev–Trinajstić information content (AvgIpc) is 2.65. The molecule has 0 atom stereocenters. The smallest absolute Gasteiger partial charge is 0.251 e. The predicted molar refractivity (Wildman–Crippen MR) is 92.8 cm³/mol. The first kappa shape index (κ1) is 17.8. The third-order valence-corrected chi connectivity index (χ3v) is 3.81. The Labute approximate surface area is 142 Å². The molecule has 0 saturated heterocycles. The second kappa shape index (κ2) is 10.3. The minimum atomic E-state index is -0.0552. The van der Waals surface area contributed by atoms with Crippen molar-refractivity contribution in [2.75, 3.05) is 6.54 Å². The lowest BCUT2D eigenvalue weighted by Crippen LogP contribution is -2.24. The minimum Gasteiger partial charge on any atom is -0.352 e. The van der Waals surface area contributed by atoms with Gasteiger partial charge in [-0.15, -0.1) is 0 Å². The van der Waals surface area contributed by atoms with E-state index in [0.717, 1.165) is 37.7 Å². The molecule has 0 fully saturated rings. The highest BCUT2D eigenvalue weighted by molar-refractivity contribution is 5.95. The highest BCUT2D eigenvalue weighted by atomic mass is 16.1. The number of Topliss-reactive ketones (excluding diaryl/α,β-unsaturated/α-hetero) is 1. The zero-order valence-corrected chi connectivity index (χ0v) is 13.8. The van der Waals surface area contributed by atoms with E-state index in [4.69, 9.17) is 0 Å². The molecule has 0 radical (unpaired) electrons. The molecule has 2 aromatic heterocycles. The summed E-state index contributed by atoms with van der Waals surface area (Å²) in [6, 6.07) is 6.92. The van der Waals surface area contributed by atoms with Gasteiger partial charge in [0, 0.05) is 48.9 Å². The molecule has 0 aromatic carbocycles. The van der Waals surface area contributed by atoms with Gasteiger partial charge in [-0.25, -0.2) is 0 Å². The van der Waals surface area contributed by atoms with Crippen LogP contribution < -0.4 is 5.32 Å². The topological polar surface area (TPSA) is 72.0 Å². The summed E-state index contributed by atoms with van der Waals surface area (Å²) in [5.74, 6) is 0.127. The molecule has 24 heavy (non-hydrogen) atoms. The van der Waals surface area contributed by atoms with Crippen LogP contribution >= 0.6 is 0 Å². The normalized spacial score (nSPS) is 10.3. The molecule has 0 bridgehead atoms. The fourth-order valence-electron chi connectivity index (χ4n) is 2.43. The standard InChI is InChI=1S/C19H23N3O2/c23-18(16-7-12-20-13-8-16)6-4-2-1-3-5-11-22-19(24)17-9-14-21-15-10-17/h7-10,12-15H,1-6,11H2,(H,22,24). The molecule has 0 saturated carbocycles. The Morgan fingerprint density at radius 2 is 1.29 bits per heavy atom. The summed E-state index contributed by atoms with van der Waals surface area (Å²) in [7, 11) is 0. The van der Waals surface area contributed by atoms with Crippen LogP contribution in [0.15, 0.2) is 49.1 Å². The van der Waals surface area contributed by atoms with Crippen LogP contribution in [0.2, 0.25) is 0 Å². The molecule has 5 nitrogen and oxygen atoms in total. The van der Waals surface area contributed by atoms with E-state index in [2.05, 4.69) is 15.3 Å². The first-order valence-corrected chi connectivity index (χ1v) is 8.39. The summed E-state index contributed by atoms with van der Waals surface area (Å²) in [5, 5.41) is 2.90. The highest BCUT2D eigenvalue weighted by Gasteiger charge is 2.05. The van der Waals surface area contributed by atoms with Gasteiger partial charge in [-0.2, -0.15) is 0 Å². The Bertz CT molecular complexity index is 572. The van der Waals surface area contributed by atoms with Crippen molar-refractivity contribution in [3.05, 3.63) is 60.2 Å². The van der Waals surface area contributed by atoms with E-state index in [1.54, 1.807) is 49.1 Å². The van der Waals surface area contributed by atoms with Crippen LogP contribution in [-0.2, 0) is 0 Å². The maximum absolute atomic E-state index is 11.9. The lowest BCUT2D eigenvalue weighted by molar-refractivity contribution is 0.0949. The molecule has 0 aliphatic carbocycles. The number of nitrogens with one attached hydrogen (secondary N) is 1. The first-order chi connectivity index (χ1) is 11.8. The van der Waals surface area contributed by atoms with Crippen molar-refractivity contribution in [1.82, 2.24) is 15.3 Å². The Hall–Kier alpha value is -2.56. The molecule has 0 spiro atoms. The first-order valence-electron chi connectivity index (χ1n) is 8.39. The van der Waals surface area contributed by atoms with Crippen LogP contribution in [0.3, 0.4) is 0 Å². The number of amides is 1. The second-order valence-corrected chi connectivity index (χ2v) is 5.67. The van der Waals surface area contributed by atoms with E-state index < -0.39 is 0 Å². The van der Waals surface area contributed by atoms with Gasteiger partial charge in [-0.05, 0) is 37.1 Å². The van der Waals surface area contributed by atoms with E-state index in [1.807, 2.05) is 0 Å². The van der Waals surface area contributed by atoms with Crippen LogP contribution in [-0.4, -0.2) is 28.2 Å². The molecule has 5 heteroatoms. The molecule has 0 aliphatic heterocycles. The van der Waals surface area contributed by atoms with E-state index >= 15 is 0 Å². The van der Waals surface area contributed by atoms with E-state index in [0.29, 0.717) is 18.5 Å². The maximum atomic E-state index is 11.9. The summed E-state index contributed by atoms with van der Waals surface area (Å²) in [6.45, 7) is 0.678. The SMILES string of the molecule is O=C(CCCCCCCNC(=O)c1ccncc1)c1ccncc1. The van der Waals surface area contributed by atoms with Crippen LogP contribution in [0.5, 0.6) is 0 Å². The highest BCUT2D eigenvalue weighted by Crippen LogP contribution is 2.09. The quantitative estimate of drug-likeness (QED) is 0.536. The van der Waals surface area contributed by atoms with Crippen molar-refractivity contribution in [2.24, 2.45) is 0 Å². The Morgan fingerprint density at radius 1 is 0.750 bits per heavy atom. The number of hydrogen-bond donors (Lipinski definition) is 1. The Kier molecular flexibility index (Phi) is 7.60. The van der Waals surface area contributed by atoms with Gasteiger partial charge in [0.05, 0.1) is 0 Å². The molecular formula is C19H23N3O2. The Balaban J connectivity index is 1.48. The van der Waals surface area contributed by atoms with Crippen LogP contribution in [0.4, 0.5) is 0 Å². The molecular weight excluding hydrogens is 302 g/mol. The van der Waals surface area contributed by atoms with Gasteiger partial charge in [0.1, 0.15) is 0 Å². The molecule has 0 aliphatic rings. The monoisotopic (exact) mass is 325 g/mol. The number of hydrogen-bond acceptors (Lipinski definition) is 4. The van der Waals surface area contributed by atoms with Crippen molar-refractivity contribution in [3.63, 3.8) is 0 Å². The third-order valence-electron chi connectivity index (χ3n) is 3.81. The second-order valence-electron chi connectivity index (χ2n) is 5.67. The van der Waals surface area contributed by atoms with Crippen molar-refractivity contribution < 1.29 is 9.59 Å². The molecule has 0 unspecified atom stereocenters. The fourth-order valence-corrected chi connectivity index (χ4v) is 2.43. The number of carbonyl (C=O) groups is 2. The zero-order chi connectivity index (χ0) is 17.0. The van der Waals surface area contributed by atoms with Crippen molar-refractivity contribution >= 4 is 11.7 Å². The maximum Gasteiger partial charge on any atom is 0.251 e. The Morgan fingerprint density at radius 3 is 1.96 bits per heavy atom. The third kappa shape index (κ3) is 6.28. The zero-order valence-electron chi connectivity index (χ0n) is 13.8. The van der Waals surface area contributed by atoms with Crippen LogP contribution in [0.25, 0.3) is 0 Å². The van der Waals surface area contributed by atoms with E-state index in [-0.39, 0.29) is 11.7 Å². The summed E-state index contributed by atoms with van der Waals surface area (Å²) >= 11 is 0. The summed E-state index contributed by atoms with van der Waals surface area (Å²) < 4.78 is 0. The van der Waals surface area contributed by atoms with Gasteiger partial charge in [0.25, 0.3) is 5.91 Å². The average molecular weight is 325 g/mol. The molecule has 2 heterocycles. The van der Waals surface area contributed by atoms with Crippen molar-refractivity contribution in [1.29, 1.82) is 0 Å². The number of carbonyl (C=O) groups excluding carboxylic acids is 2. The van der Waals surface area contributed by atoms with Gasteiger partial charge < -0.3 is 5.32 Å². The van der Waals surface area contributed by atoms with Gasteiger partial charge in [-0.1, -0.05) is 19.3 Å². The number of unbranched alkanes of at least 4 members (excludes halogenated alkanes) is 4. The molecule has 2 aromatic rings. The number of nitrogens with zero attached hydrogens (tertiary/aromatic N) is 2. The molecule has 126 valence electrons. The number of aromatic nitrogens is 2. The van der Waals surface area contributed by atoms with Gasteiger partial charge >= 0.3 is 0 Å². The number of pyridine rings is 2. The number of rotatable bonds is 10. The molecule has 1 N–H and O–H groups in total. The summed E-state index contributed by atoms with van der Waals surface area (Å²) in [4.78, 5) is 31.5. The lowest BCUT2D eigenvalue weighted by Gasteiger charge is -2.05. The molecule has 1 amide bonds.